The third-order valence-electron chi connectivity index (χ3n) is 4.76. The summed E-state index contributed by atoms with van der Waals surface area (Å²) < 4.78 is 4.94. The van der Waals surface area contributed by atoms with Gasteiger partial charge in [-0.15, -0.1) is 11.8 Å². The van der Waals surface area contributed by atoms with Gasteiger partial charge >= 0.3 is 5.97 Å². The van der Waals surface area contributed by atoms with Crippen molar-refractivity contribution in [1.29, 1.82) is 0 Å². The molecule has 0 bridgehead atoms. The van der Waals surface area contributed by atoms with Crippen molar-refractivity contribution in [2.45, 2.75) is 24.0 Å². The number of hydrogen-bond donors (Lipinski definition) is 2. The van der Waals surface area contributed by atoms with E-state index in [-0.39, 0.29) is 23.8 Å². The van der Waals surface area contributed by atoms with Crippen LogP contribution in [-0.2, 0) is 9.53 Å². The van der Waals surface area contributed by atoms with Gasteiger partial charge in [0.25, 0.3) is 11.6 Å². The molecule has 1 atom stereocenters. The molecule has 0 aromatic heterocycles. The van der Waals surface area contributed by atoms with E-state index in [4.69, 9.17) is 4.74 Å². The molecule has 0 heterocycles. The predicted octanol–water partition coefficient (Wildman–Crippen LogP) is 5.14. The van der Waals surface area contributed by atoms with Crippen molar-refractivity contribution in [3.05, 3.63) is 94.0 Å². The molecule has 0 saturated carbocycles. The van der Waals surface area contributed by atoms with Gasteiger partial charge < -0.3 is 15.4 Å². The number of nitrogens with one attached hydrogen (secondary N) is 2. The molecule has 3 aromatic carbocycles. The Kier molecular flexibility index (Phi) is 8.58. The first-order valence-corrected chi connectivity index (χ1v) is 11.6. The van der Waals surface area contributed by atoms with Crippen molar-refractivity contribution in [1.82, 2.24) is 0 Å². The molecule has 0 aliphatic carbocycles. The highest BCUT2D eigenvalue weighted by Crippen LogP contribution is 2.27. The van der Waals surface area contributed by atoms with Crippen molar-refractivity contribution in [3.8, 4) is 0 Å². The number of nitro groups is 1. The smallest absolute Gasteiger partial charge is 0.338 e. The Morgan fingerprint density at radius 3 is 2.34 bits per heavy atom. The van der Waals surface area contributed by atoms with E-state index >= 15 is 0 Å². The Labute approximate surface area is 206 Å². The molecule has 0 spiro atoms. The summed E-state index contributed by atoms with van der Waals surface area (Å²) in [6.07, 6.45) is 0. The molecule has 1 unspecified atom stereocenters. The number of amides is 2. The van der Waals surface area contributed by atoms with Crippen molar-refractivity contribution in [3.63, 3.8) is 0 Å². The summed E-state index contributed by atoms with van der Waals surface area (Å²) >= 11 is 1.30. The SMILES string of the molecule is CCOC(=O)c1ccc(NC(=O)C(C)Sc2cccc(NC(=O)c3cccc([N+](=O)[O-])c3)c2)cc1. The zero-order valence-electron chi connectivity index (χ0n) is 19.0. The highest BCUT2D eigenvalue weighted by Gasteiger charge is 2.16. The van der Waals surface area contributed by atoms with E-state index < -0.39 is 22.0 Å². The number of anilines is 2. The molecule has 0 radical (unpaired) electrons. The molecular formula is C25H23N3O6S. The van der Waals surface area contributed by atoms with Gasteiger partial charge in [-0.25, -0.2) is 4.79 Å². The molecule has 3 aromatic rings. The number of hydrogen-bond acceptors (Lipinski definition) is 7. The van der Waals surface area contributed by atoms with Crippen LogP contribution in [0.1, 0.15) is 34.6 Å². The number of benzene rings is 3. The summed E-state index contributed by atoms with van der Waals surface area (Å²) in [7, 11) is 0. The minimum Gasteiger partial charge on any atom is -0.462 e. The number of rotatable bonds is 9. The van der Waals surface area contributed by atoms with E-state index in [1.807, 2.05) is 6.07 Å². The average molecular weight is 494 g/mol. The molecular weight excluding hydrogens is 470 g/mol. The topological polar surface area (TPSA) is 128 Å². The van der Waals surface area contributed by atoms with Crippen LogP contribution < -0.4 is 10.6 Å². The average Bonchev–Trinajstić information content (AvgIpc) is 2.85. The summed E-state index contributed by atoms with van der Waals surface area (Å²) in [6.45, 7) is 3.76. The maximum atomic E-state index is 12.6. The van der Waals surface area contributed by atoms with Gasteiger partial charge in [-0.2, -0.15) is 0 Å². The van der Waals surface area contributed by atoms with Gasteiger partial charge in [0.2, 0.25) is 5.91 Å². The molecule has 0 saturated heterocycles. The van der Waals surface area contributed by atoms with E-state index in [1.165, 1.54) is 36.0 Å². The summed E-state index contributed by atoms with van der Waals surface area (Å²) in [5.74, 6) is -1.13. The molecule has 180 valence electrons. The molecule has 35 heavy (non-hydrogen) atoms. The second-order valence-electron chi connectivity index (χ2n) is 7.34. The van der Waals surface area contributed by atoms with Crippen LogP contribution in [0, 0.1) is 10.1 Å². The molecule has 3 rings (SSSR count). The van der Waals surface area contributed by atoms with Crippen LogP contribution >= 0.6 is 11.8 Å². The second kappa shape index (κ2) is 11.8. The maximum Gasteiger partial charge on any atom is 0.338 e. The van der Waals surface area contributed by atoms with Crippen LogP contribution in [0.15, 0.2) is 77.7 Å². The van der Waals surface area contributed by atoms with Crippen LogP contribution in [0.2, 0.25) is 0 Å². The second-order valence-corrected chi connectivity index (χ2v) is 8.75. The molecule has 9 nitrogen and oxygen atoms in total. The fourth-order valence-corrected chi connectivity index (χ4v) is 3.94. The number of carbonyl (C=O) groups excluding carboxylic acids is 3. The van der Waals surface area contributed by atoms with E-state index in [2.05, 4.69) is 10.6 Å². The lowest BCUT2D eigenvalue weighted by atomic mass is 10.2. The van der Waals surface area contributed by atoms with Gasteiger partial charge in [0.15, 0.2) is 0 Å². The molecule has 10 heteroatoms. The summed E-state index contributed by atoms with van der Waals surface area (Å²) in [6, 6.07) is 18.9. The Hall–Kier alpha value is -4.18. The van der Waals surface area contributed by atoms with Gasteiger partial charge in [-0.1, -0.05) is 12.1 Å². The van der Waals surface area contributed by atoms with Crippen LogP contribution in [0.5, 0.6) is 0 Å². The lowest BCUT2D eigenvalue weighted by molar-refractivity contribution is -0.384. The Morgan fingerprint density at radius 2 is 1.66 bits per heavy atom. The van der Waals surface area contributed by atoms with Crippen molar-refractivity contribution >= 4 is 46.6 Å². The first-order valence-electron chi connectivity index (χ1n) is 10.7. The highest BCUT2D eigenvalue weighted by atomic mass is 32.2. The summed E-state index contributed by atoms with van der Waals surface area (Å²) in [4.78, 5) is 48.0. The molecule has 2 amide bonds. The molecule has 0 aliphatic heterocycles. The highest BCUT2D eigenvalue weighted by molar-refractivity contribution is 8.00. The molecule has 2 N–H and O–H groups in total. The largest absolute Gasteiger partial charge is 0.462 e. The van der Waals surface area contributed by atoms with Gasteiger partial charge in [-0.05, 0) is 62.4 Å². The van der Waals surface area contributed by atoms with Gasteiger partial charge in [0.05, 0.1) is 22.3 Å². The van der Waals surface area contributed by atoms with Gasteiger partial charge in [0.1, 0.15) is 0 Å². The minimum absolute atomic E-state index is 0.166. The number of thioether (sulfide) groups is 1. The monoisotopic (exact) mass is 493 g/mol. The lowest BCUT2D eigenvalue weighted by Gasteiger charge is -2.13. The zero-order valence-corrected chi connectivity index (χ0v) is 19.8. The first-order chi connectivity index (χ1) is 16.8. The number of esters is 1. The third-order valence-corrected chi connectivity index (χ3v) is 5.85. The Bertz CT molecular complexity index is 1250. The summed E-state index contributed by atoms with van der Waals surface area (Å²) in [5.41, 5.74) is 1.44. The van der Waals surface area contributed by atoms with Crippen molar-refractivity contribution in [2.75, 3.05) is 17.2 Å². The first kappa shape index (κ1) is 25.4. The molecule has 0 aliphatic rings. The van der Waals surface area contributed by atoms with Gasteiger partial charge in [-0.3, -0.25) is 19.7 Å². The normalized spacial score (nSPS) is 11.3. The summed E-state index contributed by atoms with van der Waals surface area (Å²) in [5, 5.41) is 16.0. The van der Waals surface area contributed by atoms with E-state index in [9.17, 15) is 24.5 Å². The van der Waals surface area contributed by atoms with Crippen LogP contribution in [0.4, 0.5) is 17.1 Å². The lowest BCUT2D eigenvalue weighted by Crippen LogP contribution is -2.22. The van der Waals surface area contributed by atoms with E-state index in [1.54, 1.807) is 56.3 Å². The maximum absolute atomic E-state index is 12.6. The van der Waals surface area contributed by atoms with Crippen molar-refractivity contribution < 1.29 is 24.0 Å². The quantitative estimate of drug-likeness (QED) is 0.183. The van der Waals surface area contributed by atoms with E-state index in [0.717, 1.165) is 4.90 Å². The van der Waals surface area contributed by atoms with Crippen molar-refractivity contribution in [2.24, 2.45) is 0 Å². The number of carbonyl (C=O) groups is 3. The van der Waals surface area contributed by atoms with E-state index in [0.29, 0.717) is 16.9 Å². The fourth-order valence-electron chi connectivity index (χ4n) is 3.02. The number of nitrogens with zero attached hydrogens (tertiary/aromatic N) is 1. The Balaban J connectivity index is 1.60. The fraction of sp³-hybridized carbons (Fsp3) is 0.160. The number of nitro benzene ring substituents is 1. The third kappa shape index (κ3) is 7.15. The number of non-ortho nitro benzene ring substituents is 1. The zero-order chi connectivity index (χ0) is 25.4. The van der Waals surface area contributed by atoms with Crippen LogP contribution in [0.25, 0.3) is 0 Å². The standard InChI is InChI=1S/C25H23N3O6S/c1-3-34-25(31)17-10-12-19(13-11-17)26-23(29)16(2)35-22-9-5-7-20(15-22)27-24(30)18-6-4-8-21(14-18)28(32)33/h4-16H,3H2,1-2H3,(H,26,29)(H,27,30). The van der Waals surface area contributed by atoms with Gasteiger partial charge in [0, 0.05) is 34.0 Å². The molecule has 0 fully saturated rings. The van der Waals surface area contributed by atoms with Crippen LogP contribution in [-0.4, -0.2) is 34.6 Å². The van der Waals surface area contributed by atoms with Crippen LogP contribution in [0.3, 0.4) is 0 Å². The predicted molar refractivity (Wildman–Crippen MR) is 134 cm³/mol. The number of ether oxygens (including phenoxy) is 1. The Morgan fingerprint density at radius 1 is 0.943 bits per heavy atom. The minimum atomic E-state index is -0.560.